The first-order chi connectivity index (χ1) is 9.63. The molecule has 4 nitrogen and oxygen atoms in total. The van der Waals surface area contributed by atoms with Crippen molar-refractivity contribution in [3.63, 3.8) is 0 Å². The summed E-state index contributed by atoms with van der Waals surface area (Å²) in [5, 5.41) is 6.44. The summed E-state index contributed by atoms with van der Waals surface area (Å²) in [4.78, 5) is 9.46. The van der Waals surface area contributed by atoms with Gasteiger partial charge in [-0.25, -0.2) is 4.98 Å². The average Bonchev–Trinajstić information content (AvgIpc) is 2.87. The number of fused-ring (bicyclic) bond motifs is 1. The van der Waals surface area contributed by atoms with E-state index >= 15 is 0 Å². The number of nitrogens with two attached hydrogens (primary N) is 1. The van der Waals surface area contributed by atoms with Crippen LogP contribution in [0.15, 0.2) is 35.7 Å². The van der Waals surface area contributed by atoms with Crippen LogP contribution >= 0.6 is 11.3 Å². The standard InChI is InChI=1S/C15H16N4S/c1-9-3-5-11(6-4-9)10(2)17-13-12-7-8-20-14(12)19-15(16)18-13/h3-8,10H,1-2H3,(H3,16,17,18,19). The van der Waals surface area contributed by atoms with Crippen LogP contribution in [0.2, 0.25) is 0 Å². The zero-order valence-corrected chi connectivity index (χ0v) is 12.2. The molecule has 102 valence electrons. The third-order valence-corrected chi connectivity index (χ3v) is 4.08. The molecule has 0 aliphatic carbocycles. The molecule has 0 radical (unpaired) electrons. The molecule has 1 atom stereocenters. The van der Waals surface area contributed by atoms with Gasteiger partial charge in [0.1, 0.15) is 10.6 Å². The van der Waals surface area contributed by atoms with Crippen molar-refractivity contribution >= 4 is 33.3 Å². The van der Waals surface area contributed by atoms with Gasteiger partial charge < -0.3 is 11.1 Å². The lowest BCUT2D eigenvalue weighted by molar-refractivity contribution is 0.876. The molecular formula is C15H16N4S. The molecule has 0 saturated heterocycles. The van der Waals surface area contributed by atoms with Crippen LogP contribution in [0.25, 0.3) is 10.2 Å². The lowest BCUT2D eigenvalue weighted by Gasteiger charge is -2.16. The first-order valence-corrected chi connectivity index (χ1v) is 7.35. The number of anilines is 2. The predicted octanol–water partition coefficient (Wildman–Crippen LogP) is 3.76. The Kier molecular flexibility index (Phi) is 3.28. The van der Waals surface area contributed by atoms with Crippen molar-refractivity contribution in [3.05, 3.63) is 46.8 Å². The molecule has 2 heterocycles. The SMILES string of the molecule is Cc1ccc(C(C)Nc2nc(N)nc3sccc23)cc1. The maximum Gasteiger partial charge on any atom is 0.223 e. The second-order valence-corrected chi connectivity index (χ2v) is 5.74. The van der Waals surface area contributed by atoms with Crippen molar-refractivity contribution in [2.24, 2.45) is 0 Å². The van der Waals surface area contributed by atoms with Gasteiger partial charge in [0.2, 0.25) is 5.95 Å². The van der Waals surface area contributed by atoms with Crippen molar-refractivity contribution in [3.8, 4) is 0 Å². The largest absolute Gasteiger partial charge is 0.368 e. The smallest absolute Gasteiger partial charge is 0.223 e. The van der Waals surface area contributed by atoms with Crippen LogP contribution in [-0.4, -0.2) is 9.97 Å². The Morgan fingerprint density at radius 3 is 2.65 bits per heavy atom. The molecule has 3 N–H and O–H groups in total. The van der Waals surface area contributed by atoms with Gasteiger partial charge in [-0.2, -0.15) is 4.98 Å². The van der Waals surface area contributed by atoms with E-state index in [-0.39, 0.29) is 6.04 Å². The zero-order valence-electron chi connectivity index (χ0n) is 11.4. The molecular weight excluding hydrogens is 268 g/mol. The van der Waals surface area contributed by atoms with E-state index in [0.29, 0.717) is 5.95 Å². The highest BCUT2D eigenvalue weighted by molar-refractivity contribution is 7.16. The van der Waals surface area contributed by atoms with Gasteiger partial charge in [0.05, 0.1) is 5.39 Å². The summed E-state index contributed by atoms with van der Waals surface area (Å²) in [6.07, 6.45) is 0. The zero-order chi connectivity index (χ0) is 14.1. The summed E-state index contributed by atoms with van der Waals surface area (Å²) >= 11 is 1.57. The van der Waals surface area contributed by atoms with E-state index in [1.807, 2.05) is 11.4 Å². The van der Waals surface area contributed by atoms with Gasteiger partial charge in [0.25, 0.3) is 0 Å². The van der Waals surface area contributed by atoms with E-state index in [1.165, 1.54) is 11.1 Å². The number of nitrogens with zero attached hydrogens (tertiary/aromatic N) is 2. The highest BCUT2D eigenvalue weighted by Gasteiger charge is 2.11. The van der Waals surface area contributed by atoms with E-state index < -0.39 is 0 Å². The number of nitrogen functional groups attached to an aromatic ring is 1. The Balaban J connectivity index is 1.92. The van der Waals surface area contributed by atoms with E-state index in [4.69, 9.17) is 5.73 Å². The number of thiophene rings is 1. The average molecular weight is 284 g/mol. The molecule has 0 amide bonds. The molecule has 20 heavy (non-hydrogen) atoms. The number of aryl methyl sites for hydroxylation is 1. The highest BCUT2D eigenvalue weighted by atomic mass is 32.1. The Bertz CT molecular complexity index is 733. The molecule has 3 rings (SSSR count). The molecule has 5 heteroatoms. The minimum Gasteiger partial charge on any atom is -0.368 e. The molecule has 0 bridgehead atoms. The van der Waals surface area contributed by atoms with E-state index in [2.05, 4.69) is 53.4 Å². The van der Waals surface area contributed by atoms with Gasteiger partial charge in [0, 0.05) is 6.04 Å². The second kappa shape index (κ2) is 5.09. The number of hydrogen-bond acceptors (Lipinski definition) is 5. The minimum atomic E-state index is 0.160. The number of rotatable bonds is 3. The van der Waals surface area contributed by atoms with Crippen molar-refractivity contribution in [1.82, 2.24) is 9.97 Å². The summed E-state index contributed by atoms with van der Waals surface area (Å²) in [6, 6.07) is 10.7. The summed E-state index contributed by atoms with van der Waals surface area (Å²) in [6.45, 7) is 4.20. The first-order valence-electron chi connectivity index (χ1n) is 6.47. The van der Waals surface area contributed by atoms with Crippen molar-refractivity contribution < 1.29 is 0 Å². The fraction of sp³-hybridized carbons (Fsp3) is 0.200. The Morgan fingerprint density at radius 1 is 1.15 bits per heavy atom. The third-order valence-electron chi connectivity index (χ3n) is 3.27. The van der Waals surface area contributed by atoms with Crippen LogP contribution in [0.4, 0.5) is 11.8 Å². The molecule has 2 aromatic heterocycles. The molecule has 3 aromatic rings. The summed E-state index contributed by atoms with van der Waals surface area (Å²) in [7, 11) is 0. The van der Waals surface area contributed by atoms with Gasteiger partial charge in [-0.05, 0) is 30.9 Å². The molecule has 0 aliphatic rings. The molecule has 0 aliphatic heterocycles. The van der Waals surface area contributed by atoms with Gasteiger partial charge in [-0.15, -0.1) is 11.3 Å². The highest BCUT2D eigenvalue weighted by Crippen LogP contribution is 2.28. The van der Waals surface area contributed by atoms with E-state index in [9.17, 15) is 0 Å². The minimum absolute atomic E-state index is 0.160. The van der Waals surface area contributed by atoms with E-state index in [0.717, 1.165) is 16.0 Å². The third kappa shape index (κ3) is 2.44. The predicted molar refractivity (Wildman–Crippen MR) is 85.0 cm³/mol. The molecule has 1 unspecified atom stereocenters. The summed E-state index contributed by atoms with van der Waals surface area (Å²) in [5.74, 6) is 1.10. The van der Waals surface area contributed by atoms with Crippen LogP contribution in [0.3, 0.4) is 0 Å². The fourth-order valence-electron chi connectivity index (χ4n) is 2.13. The van der Waals surface area contributed by atoms with Crippen molar-refractivity contribution in [2.75, 3.05) is 11.1 Å². The fourth-order valence-corrected chi connectivity index (χ4v) is 2.90. The number of aromatic nitrogens is 2. The first kappa shape index (κ1) is 12.9. The topological polar surface area (TPSA) is 63.8 Å². The van der Waals surface area contributed by atoms with Crippen molar-refractivity contribution in [1.29, 1.82) is 0 Å². The lowest BCUT2D eigenvalue weighted by Crippen LogP contribution is -2.09. The maximum absolute atomic E-state index is 5.76. The van der Waals surface area contributed by atoms with Crippen LogP contribution in [-0.2, 0) is 0 Å². The Morgan fingerprint density at radius 2 is 1.90 bits per heavy atom. The molecule has 0 saturated carbocycles. The van der Waals surface area contributed by atoms with E-state index in [1.54, 1.807) is 11.3 Å². The van der Waals surface area contributed by atoms with Gasteiger partial charge in [0.15, 0.2) is 0 Å². The summed E-state index contributed by atoms with van der Waals surface area (Å²) in [5.41, 5.74) is 8.24. The van der Waals surface area contributed by atoms with Crippen LogP contribution in [0.5, 0.6) is 0 Å². The lowest BCUT2D eigenvalue weighted by atomic mass is 10.1. The van der Waals surface area contributed by atoms with Gasteiger partial charge in [-0.3, -0.25) is 0 Å². The summed E-state index contributed by atoms with van der Waals surface area (Å²) < 4.78 is 0. The number of hydrogen-bond donors (Lipinski definition) is 2. The number of benzene rings is 1. The Hall–Kier alpha value is -2.14. The molecule has 0 fully saturated rings. The molecule has 0 spiro atoms. The molecule has 1 aromatic carbocycles. The Labute approximate surface area is 121 Å². The monoisotopic (exact) mass is 284 g/mol. The van der Waals surface area contributed by atoms with Crippen LogP contribution < -0.4 is 11.1 Å². The maximum atomic E-state index is 5.76. The van der Waals surface area contributed by atoms with Crippen molar-refractivity contribution in [2.45, 2.75) is 19.9 Å². The van der Waals surface area contributed by atoms with Gasteiger partial charge in [-0.1, -0.05) is 29.8 Å². The van der Waals surface area contributed by atoms with Crippen LogP contribution in [0, 0.1) is 6.92 Å². The number of nitrogens with one attached hydrogen (secondary N) is 1. The normalized spacial score (nSPS) is 12.5. The quantitative estimate of drug-likeness (QED) is 0.768. The van der Waals surface area contributed by atoms with Gasteiger partial charge >= 0.3 is 0 Å². The second-order valence-electron chi connectivity index (χ2n) is 4.85. The van der Waals surface area contributed by atoms with Crippen LogP contribution in [0.1, 0.15) is 24.1 Å².